The van der Waals surface area contributed by atoms with E-state index in [4.69, 9.17) is 9.84 Å². The van der Waals surface area contributed by atoms with Gasteiger partial charge in [0.05, 0.1) is 12.8 Å². The number of nitrogens with zero attached hydrogens (tertiary/aromatic N) is 3. The van der Waals surface area contributed by atoms with Gasteiger partial charge in [-0.25, -0.2) is 4.79 Å². The largest absolute Gasteiger partial charge is 0.496 e. The first kappa shape index (κ1) is 13.1. The molecule has 1 aromatic carbocycles. The molecule has 0 atom stereocenters. The molecule has 19 heavy (non-hydrogen) atoms. The molecule has 0 spiro atoms. The lowest BCUT2D eigenvalue weighted by atomic mass is 10.1. The van der Waals surface area contributed by atoms with Crippen molar-refractivity contribution in [2.45, 2.75) is 19.8 Å². The Balaban J connectivity index is 2.52. The van der Waals surface area contributed by atoms with Gasteiger partial charge in [0.15, 0.2) is 0 Å². The van der Waals surface area contributed by atoms with Crippen LogP contribution in [0.2, 0.25) is 0 Å². The third kappa shape index (κ3) is 2.42. The minimum atomic E-state index is -1.02. The predicted molar refractivity (Wildman–Crippen MR) is 69.0 cm³/mol. The fraction of sp³-hybridized carbons (Fsp3) is 0.308. The second kappa shape index (κ2) is 5.09. The molecule has 1 aromatic heterocycles. The van der Waals surface area contributed by atoms with Gasteiger partial charge in [0.25, 0.3) is 0 Å². The van der Waals surface area contributed by atoms with Gasteiger partial charge < -0.3 is 9.84 Å². The first-order chi connectivity index (χ1) is 9.04. The van der Waals surface area contributed by atoms with E-state index >= 15 is 0 Å². The van der Waals surface area contributed by atoms with Gasteiger partial charge in [0.2, 0.25) is 0 Å². The van der Waals surface area contributed by atoms with Crippen LogP contribution >= 0.6 is 0 Å². The van der Waals surface area contributed by atoms with E-state index in [1.165, 1.54) is 13.2 Å². The molecule has 0 amide bonds. The molecule has 6 heteroatoms. The summed E-state index contributed by atoms with van der Waals surface area (Å²) < 4.78 is 6.93. The normalized spacial score (nSPS) is 10.7. The average molecular weight is 261 g/mol. The highest BCUT2D eigenvalue weighted by Crippen LogP contribution is 2.24. The molecule has 0 bridgehead atoms. The Morgan fingerprint density at radius 3 is 2.74 bits per heavy atom. The van der Waals surface area contributed by atoms with E-state index < -0.39 is 5.97 Å². The summed E-state index contributed by atoms with van der Waals surface area (Å²) in [5.41, 5.74) is 0.904. The van der Waals surface area contributed by atoms with Gasteiger partial charge in [-0.05, 0) is 12.1 Å². The number of methoxy groups -OCH3 is 1. The topological polar surface area (TPSA) is 77.2 Å². The first-order valence-corrected chi connectivity index (χ1v) is 5.86. The number of carboxylic acid groups (broad SMARTS) is 1. The Hall–Kier alpha value is -2.37. The minimum Gasteiger partial charge on any atom is -0.496 e. The number of hydrogen-bond acceptors (Lipinski definition) is 4. The van der Waals surface area contributed by atoms with Gasteiger partial charge in [-0.15, -0.1) is 10.2 Å². The lowest BCUT2D eigenvalue weighted by molar-refractivity contribution is 0.0693. The second-order valence-corrected chi connectivity index (χ2v) is 4.40. The van der Waals surface area contributed by atoms with Crippen LogP contribution in [0.1, 0.15) is 35.9 Å². The van der Waals surface area contributed by atoms with Crippen LogP contribution in [0.3, 0.4) is 0 Å². The number of ether oxygens (including phenoxy) is 1. The number of carbonyl (C=O) groups is 1. The lowest BCUT2D eigenvalue weighted by Crippen LogP contribution is -2.05. The van der Waals surface area contributed by atoms with Crippen molar-refractivity contribution < 1.29 is 14.6 Å². The standard InChI is InChI=1S/C13H15N3O3/c1-8(2)12-15-14-7-16(12)9-4-5-10(13(17)18)11(6-9)19-3/h4-8H,1-3H3,(H,17,18). The van der Waals surface area contributed by atoms with Crippen molar-refractivity contribution >= 4 is 5.97 Å². The summed E-state index contributed by atoms with van der Waals surface area (Å²) in [7, 11) is 1.45. The average Bonchev–Trinajstić information content (AvgIpc) is 2.87. The van der Waals surface area contributed by atoms with Crippen molar-refractivity contribution in [2.75, 3.05) is 7.11 Å². The summed E-state index contributed by atoms with van der Waals surface area (Å²) >= 11 is 0. The molecule has 2 aromatic rings. The van der Waals surface area contributed by atoms with Crippen molar-refractivity contribution in [1.82, 2.24) is 14.8 Å². The van der Waals surface area contributed by atoms with Crippen LogP contribution in [0.4, 0.5) is 0 Å². The Morgan fingerprint density at radius 1 is 1.42 bits per heavy atom. The Kier molecular flexibility index (Phi) is 3.50. The zero-order valence-corrected chi connectivity index (χ0v) is 11.0. The summed E-state index contributed by atoms with van der Waals surface area (Å²) in [6.07, 6.45) is 1.60. The number of aromatic carboxylic acids is 1. The van der Waals surface area contributed by atoms with E-state index in [-0.39, 0.29) is 11.5 Å². The lowest BCUT2D eigenvalue weighted by Gasteiger charge is -2.11. The zero-order valence-electron chi connectivity index (χ0n) is 11.0. The van der Waals surface area contributed by atoms with Crippen LogP contribution in [0, 0.1) is 0 Å². The van der Waals surface area contributed by atoms with E-state index in [0.717, 1.165) is 11.5 Å². The highest BCUT2D eigenvalue weighted by Gasteiger charge is 2.15. The summed E-state index contributed by atoms with van der Waals surface area (Å²) in [5.74, 6) is 0.322. The van der Waals surface area contributed by atoms with E-state index in [9.17, 15) is 4.79 Å². The Morgan fingerprint density at radius 2 is 2.16 bits per heavy atom. The van der Waals surface area contributed by atoms with Crippen LogP contribution < -0.4 is 4.74 Å². The third-order valence-electron chi connectivity index (χ3n) is 2.78. The highest BCUT2D eigenvalue weighted by molar-refractivity contribution is 5.91. The predicted octanol–water partition coefficient (Wildman–Crippen LogP) is 2.10. The summed E-state index contributed by atoms with van der Waals surface area (Å²) in [5, 5.41) is 17.0. The fourth-order valence-electron chi connectivity index (χ4n) is 1.84. The summed E-state index contributed by atoms with van der Waals surface area (Å²) in [6.45, 7) is 4.03. The molecular formula is C13H15N3O3. The van der Waals surface area contributed by atoms with Crippen molar-refractivity contribution in [3.8, 4) is 11.4 Å². The van der Waals surface area contributed by atoms with E-state index in [2.05, 4.69) is 10.2 Å². The highest BCUT2D eigenvalue weighted by atomic mass is 16.5. The van der Waals surface area contributed by atoms with Crippen LogP contribution in [-0.4, -0.2) is 33.0 Å². The van der Waals surface area contributed by atoms with E-state index in [1.54, 1.807) is 18.5 Å². The maximum atomic E-state index is 11.0. The Labute approximate surface area is 110 Å². The molecule has 2 rings (SSSR count). The summed E-state index contributed by atoms with van der Waals surface area (Å²) in [4.78, 5) is 11.0. The monoisotopic (exact) mass is 261 g/mol. The molecule has 6 nitrogen and oxygen atoms in total. The van der Waals surface area contributed by atoms with Gasteiger partial charge in [-0.1, -0.05) is 13.8 Å². The molecular weight excluding hydrogens is 246 g/mol. The van der Waals surface area contributed by atoms with Crippen molar-refractivity contribution in [1.29, 1.82) is 0 Å². The minimum absolute atomic E-state index is 0.130. The molecule has 0 aliphatic carbocycles. The zero-order chi connectivity index (χ0) is 14.0. The quantitative estimate of drug-likeness (QED) is 0.911. The molecule has 0 aliphatic rings. The molecule has 1 heterocycles. The van der Waals surface area contributed by atoms with Gasteiger partial charge >= 0.3 is 5.97 Å². The van der Waals surface area contributed by atoms with Crippen LogP contribution in [0.15, 0.2) is 24.5 Å². The molecule has 0 fully saturated rings. The number of hydrogen-bond donors (Lipinski definition) is 1. The smallest absolute Gasteiger partial charge is 0.339 e. The maximum absolute atomic E-state index is 11.0. The van der Waals surface area contributed by atoms with Gasteiger partial charge in [-0.3, -0.25) is 4.57 Å². The van der Waals surface area contributed by atoms with Crippen molar-refractivity contribution in [2.24, 2.45) is 0 Å². The molecule has 0 aliphatic heterocycles. The molecule has 0 saturated heterocycles. The van der Waals surface area contributed by atoms with Crippen molar-refractivity contribution in [3.63, 3.8) is 0 Å². The molecule has 100 valence electrons. The van der Waals surface area contributed by atoms with E-state index in [1.807, 2.05) is 18.4 Å². The molecule has 0 radical (unpaired) electrons. The molecule has 0 unspecified atom stereocenters. The first-order valence-electron chi connectivity index (χ1n) is 5.86. The van der Waals surface area contributed by atoms with Gasteiger partial charge in [0, 0.05) is 12.0 Å². The third-order valence-corrected chi connectivity index (χ3v) is 2.78. The van der Waals surface area contributed by atoms with Crippen LogP contribution in [-0.2, 0) is 0 Å². The SMILES string of the molecule is COc1cc(-n2cnnc2C(C)C)ccc1C(=O)O. The summed E-state index contributed by atoms with van der Waals surface area (Å²) in [6, 6.07) is 4.89. The Bertz CT molecular complexity index is 605. The molecule has 1 N–H and O–H groups in total. The van der Waals surface area contributed by atoms with Crippen molar-refractivity contribution in [3.05, 3.63) is 35.9 Å². The van der Waals surface area contributed by atoms with Gasteiger partial charge in [0.1, 0.15) is 23.5 Å². The number of carboxylic acids is 1. The maximum Gasteiger partial charge on any atom is 0.339 e. The number of rotatable bonds is 4. The number of aromatic nitrogens is 3. The van der Waals surface area contributed by atoms with Gasteiger partial charge in [-0.2, -0.15) is 0 Å². The fourth-order valence-corrected chi connectivity index (χ4v) is 1.84. The van der Waals surface area contributed by atoms with Crippen LogP contribution in [0.25, 0.3) is 5.69 Å². The molecule has 0 saturated carbocycles. The van der Waals surface area contributed by atoms with E-state index in [0.29, 0.717) is 5.75 Å². The van der Waals surface area contributed by atoms with Crippen LogP contribution in [0.5, 0.6) is 5.75 Å². The number of benzene rings is 1. The second-order valence-electron chi connectivity index (χ2n) is 4.40.